The summed E-state index contributed by atoms with van der Waals surface area (Å²) in [6.45, 7) is 0.323. The fourth-order valence-corrected chi connectivity index (χ4v) is 4.53. The van der Waals surface area contributed by atoms with E-state index in [4.69, 9.17) is 11.6 Å². The summed E-state index contributed by atoms with van der Waals surface area (Å²) < 4.78 is 0. The molecule has 4 nitrogen and oxygen atoms in total. The first-order valence-corrected chi connectivity index (χ1v) is 10.9. The third-order valence-corrected chi connectivity index (χ3v) is 6.29. The van der Waals surface area contributed by atoms with E-state index < -0.39 is 17.7 Å². The fourth-order valence-electron chi connectivity index (χ4n) is 3.70. The van der Waals surface area contributed by atoms with Crippen LogP contribution in [0.5, 0.6) is 0 Å². The lowest BCUT2D eigenvalue weighted by molar-refractivity contribution is -0.130. The lowest BCUT2D eigenvalue weighted by Gasteiger charge is -2.26. The summed E-state index contributed by atoms with van der Waals surface area (Å²) in [5.74, 6) is -1.20. The summed E-state index contributed by atoms with van der Waals surface area (Å²) in [7, 11) is 0. The number of benzene rings is 2. The number of aliphatic hydroxyl groups excluding tert-OH is 1. The maximum atomic E-state index is 13.2. The van der Waals surface area contributed by atoms with Crippen molar-refractivity contribution in [2.24, 2.45) is 0 Å². The van der Waals surface area contributed by atoms with Gasteiger partial charge in [-0.15, -0.1) is 11.3 Å². The molecule has 0 spiro atoms. The van der Waals surface area contributed by atoms with Crippen molar-refractivity contribution in [2.75, 3.05) is 0 Å². The van der Waals surface area contributed by atoms with E-state index in [0.29, 0.717) is 18.0 Å². The van der Waals surface area contributed by atoms with E-state index in [1.807, 2.05) is 47.8 Å². The van der Waals surface area contributed by atoms with Crippen LogP contribution in [-0.4, -0.2) is 21.7 Å². The molecule has 0 fully saturated rings. The van der Waals surface area contributed by atoms with Crippen molar-refractivity contribution in [1.29, 1.82) is 0 Å². The molecule has 0 bridgehead atoms. The molecule has 152 valence electrons. The zero-order valence-electron chi connectivity index (χ0n) is 16.1. The van der Waals surface area contributed by atoms with E-state index in [-0.39, 0.29) is 17.8 Å². The average molecular weight is 438 g/mol. The van der Waals surface area contributed by atoms with Crippen LogP contribution in [0.3, 0.4) is 0 Å². The second-order valence-corrected chi connectivity index (χ2v) is 8.61. The Hall–Kier alpha value is -2.89. The van der Waals surface area contributed by atoms with Gasteiger partial charge in [0, 0.05) is 16.3 Å². The Balaban J connectivity index is 1.65. The largest absolute Gasteiger partial charge is 0.503 e. The van der Waals surface area contributed by atoms with Gasteiger partial charge in [-0.2, -0.15) is 0 Å². The molecule has 0 saturated carbocycles. The van der Waals surface area contributed by atoms with Crippen LogP contribution in [0.2, 0.25) is 5.02 Å². The maximum absolute atomic E-state index is 13.2. The van der Waals surface area contributed by atoms with Crippen molar-refractivity contribution >= 4 is 34.6 Å². The molecule has 4 rings (SSSR count). The summed E-state index contributed by atoms with van der Waals surface area (Å²) in [6, 6.07) is 20.0. The molecule has 2 heterocycles. The first kappa shape index (κ1) is 20.4. The molecule has 1 N–H and O–H groups in total. The zero-order valence-corrected chi connectivity index (χ0v) is 17.7. The second-order valence-electron chi connectivity index (χ2n) is 7.14. The topological polar surface area (TPSA) is 57.6 Å². The van der Waals surface area contributed by atoms with Gasteiger partial charge in [0.2, 0.25) is 0 Å². The lowest BCUT2D eigenvalue weighted by Crippen LogP contribution is -2.30. The van der Waals surface area contributed by atoms with Crippen LogP contribution < -0.4 is 0 Å². The van der Waals surface area contributed by atoms with E-state index in [0.717, 1.165) is 16.0 Å². The molecule has 1 amide bonds. The zero-order chi connectivity index (χ0) is 21.1. The fraction of sp³-hybridized carbons (Fsp3) is 0.167. The number of nitrogens with zero attached hydrogens (tertiary/aromatic N) is 1. The molecule has 6 heteroatoms. The number of aryl methyl sites for hydroxylation is 1. The lowest BCUT2D eigenvalue weighted by atomic mass is 9.93. The molecule has 2 aromatic carbocycles. The highest BCUT2D eigenvalue weighted by Crippen LogP contribution is 2.40. The van der Waals surface area contributed by atoms with Crippen molar-refractivity contribution in [3.05, 3.63) is 104 Å². The van der Waals surface area contributed by atoms with Gasteiger partial charge < -0.3 is 10.0 Å². The van der Waals surface area contributed by atoms with Crippen LogP contribution in [0.4, 0.5) is 0 Å². The molecule has 0 saturated heterocycles. The number of Topliss-reactive ketones (excluding diaryl/α,β-unsaturated/α-hetero) is 1. The van der Waals surface area contributed by atoms with Crippen molar-refractivity contribution in [2.45, 2.75) is 25.4 Å². The van der Waals surface area contributed by atoms with Gasteiger partial charge >= 0.3 is 0 Å². The van der Waals surface area contributed by atoms with Crippen molar-refractivity contribution in [3.63, 3.8) is 0 Å². The highest BCUT2D eigenvalue weighted by Gasteiger charge is 2.43. The monoisotopic (exact) mass is 437 g/mol. The number of hydrogen-bond acceptors (Lipinski definition) is 4. The summed E-state index contributed by atoms with van der Waals surface area (Å²) in [5, 5.41) is 13.2. The third kappa shape index (κ3) is 4.18. The van der Waals surface area contributed by atoms with Crippen LogP contribution in [0.25, 0.3) is 0 Å². The molecule has 1 aromatic heterocycles. The highest BCUT2D eigenvalue weighted by atomic mass is 35.5. The van der Waals surface area contributed by atoms with Crippen LogP contribution >= 0.6 is 22.9 Å². The van der Waals surface area contributed by atoms with Crippen molar-refractivity contribution in [3.8, 4) is 0 Å². The molecular weight excluding hydrogens is 418 g/mol. The van der Waals surface area contributed by atoms with E-state index >= 15 is 0 Å². The van der Waals surface area contributed by atoms with E-state index in [1.165, 1.54) is 11.3 Å². The average Bonchev–Trinajstić information content (AvgIpc) is 3.36. The van der Waals surface area contributed by atoms with E-state index in [1.54, 1.807) is 29.2 Å². The van der Waals surface area contributed by atoms with Crippen LogP contribution in [0.1, 0.15) is 28.5 Å². The quantitative estimate of drug-likeness (QED) is 0.531. The van der Waals surface area contributed by atoms with Gasteiger partial charge in [-0.05, 0) is 41.1 Å². The smallest absolute Gasteiger partial charge is 0.290 e. The summed E-state index contributed by atoms with van der Waals surface area (Å²) in [6.07, 6.45) is 0.760. The molecule has 30 heavy (non-hydrogen) atoms. The number of amides is 1. The summed E-state index contributed by atoms with van der Waals surface area (Å²) in [5.41, 5.74) is 1.94. The first-order valence-electron chi connectivity index (χ1n) is 9.63. The highest BCUT2D eigenvalue weighted by molar-refractivity contribution is 7.09. The van der Waals surface area contributed by atoms with Gasteiger partial charge in [0.15, 0.2) is 11.5 Å². The molecule has 1 unspecified atom stereocenters. The van der Waals surface area contributed by atoms with Gasteiger partial charge in [0.25, 0.3) is 5.91 Å². The molecule has 1 aliphatic heterocycles. The minimum Gasteiger partial charge on any atom is -0.503 e. The molecule has 0 radical (unpaired) electrons. The number of rotatable bonds is 7. The number of carbonyl (C=O) groups is 2. The molecule has 1 aliphatic rings. The molecular formula is C24H20ClNO3S. The van der Waals surface area contributed by atoms with Gasteiger partial charge in [0.05, 0.1) is 18.2 Å². The number of thiophene rings is 1. The minimum atomic E-state index is -0.639. The Morgan fingerprint density at radius 3 is 2.43 bits per heavy atom. The Bertz CT molecular complexity index is 1080. The number of halogens is 1. The normalized spacial score (nSPS) is 16.4. The SMILES string of the molecule is O=C(CCc1ccccc1)C1=C(O)C(=O)N(Cc2cccs2)C1c1ccc(Cl)cc1. The Morgan fingerprint density at radius 2 is 1.77 bits per heavy atom. The van der Waals surface area contributed by atoms with Crippen LogP contribution in [-0.2, 0) is 22.6 Å². The Labute approximate surface area is 184 Å². The number of ketones is 1. The standard InChI is InChI=1S/C24H20ClNO3S/c25-18-11-9-17(10-12-18)22-21(20(27)13-8-16-5-2-1-3-6-16)23(28)24(29)26(22)15-19-7-4-14-30-19/h1-7,9-12,14,22,28H,8,13,15H2. The number of aliphatic hydroxyl groups is 1. The molecule has 0 aliphatic carbocycles. The van der Waals surface area contributed by atoms with Crippen molar-refractivity contribution < 1.29 is 14.7 Å². The summed E-state index contributed by atoms with van der Waals surface area (Å²) >= 11 is 7.57. The third-order valence-electron chi connectivity index (χ3n) is 5.18. The number of hydrogen-bond donors (Lipinski definition) is 1. The second kappa shape index (κ2) is 8.86. The van der Waals surface area contributed by atoms with E-state index in [9.17, 15) is 14.7 Å². The Morgan fingerprint density at radius 1 is 1.03 bits per heavy atom. The first-order chi connectivity index (χ1) is 14.5. The Kier molecular flexibility index (Phi) is 6.02. The molecule has 1 atom stereocenters. The van der Waals surface area contributed by atoms with Gasteiger partial charge in [-0.1, -0.05) is 60.1 Å². The predicted octanol–water partition coefficient (Wildman–Crippen LogP) is 5.50. The van der Waals surface area contributed by atoms with Gasteiger partial charge in [0.1, 0.15) is 0 Å². The summed E-state index contributed by atoms with van der Waals surface area (Å²) in [4.78, 5) is 28.6. The van der Waals surface area contributed by atoms with Gasteiger partial charge in [-0.25, -0.2) is 0 Å². The predicted molar refractivity (Wildman–Crippen MR) is 118 cm³/mol. The maximum Gasteiger partial charge on any atom is 0.290 e. The van der Waals surface area contributed by atoms with Crippen LogP contribution in [0, 0.1) is 0 Å². The van der Waals surface area contributed by atoms with Crippen molar-refractivity contribution in [1.82, 2.24) is 4.90 Å². The van der Waals surface area contributed by atoms with Crippen LogP contribution in [0.15, 0.2) is 83.4 Å². The number of carbonyl (C=O) groups excluding carboxylic acids is 2. The molecule has 3 aromatic rings. The minimum absolute atomic E-state index is 0.162. The van der Waals surface area contributed by atoms with Gasteiger partial charge in [-0.3, -0.25) is 9.59 Å². The van der Waals surface area contributed by atoms with E-state index in [2.05, 4.69) is 0 Å².